The fourth-order valence-electron chi connectivity index (χ4n) is 18.5. The van der Waals surface area contributed by atoms with Gasteiger partial charge >= 0.3 is 126 Å². The summed E-state index contributed by atoms with van der Waals surface area (Å²) in [5.41, 5.74) is 11.9. The molecular formula is C108H84N36Pt6. The summed E-state index contributed by atoms with van der Waals surface area (Å²) in [5, 5.41) is 13.6. The van der Waals surface area contributed by atoms with Crippen LogP contribution in [0.4, 0.5) is 0 Å². The third-order valence-corrected chi connectivity index (χ3v) is 25.5. The predicted octanol–water partition coefficient (Wildman–Crippen LogP) is 15.8. The van der Waals surface area contributed by atoms with Crippen molar-refractivity contribution in [2.24, 2.45) is 84.6 Å². The number of imidazole rings is 12. The van der Waals surface area contributed by atoms with Gasteiger partial charge in [0, 0.05) is 105 Å². The summed E-state index contributed by atoms with van der Waals surface area (Å²) in [6, 6.07) is 59.3. The average Bonchev–Trinajstić information content (AvgIpc) is 1.62. The van der Waals surface area contributed by atoms with E-state index in [2.05, 4.69) is 270 Å². The van der Waals surface area contributed by atoms with Gasteiger partial charge in [-0.1, -0.05) is 158 Å². The minimum absolute atomic E-state index is 0. The Morgan fingerprint density at radius 3 is 0.533 bits per heavy atom. The van der Waals surface area contributed by atoms with E-state index in [9.17, 15) is 0 Å². The van der Waals surface area contributed by atoms with E-state index in [1.54, 1.807) is 37.8 Å². The number of aryl methyl sites for hydroxylation is 12. The van der Waals surface area contributed by atoms with E-state index < -0.39 is 0 Å². The molecule has 0 N–H and O–H groups in total. The summed E-state index contributed by atoms with van der Waals surface area (Å²) in [7, 11) is 23.4. The van der Waals surface area contributed by atoms with Crippen LogP contribution < -0.4 is 0 Å². The Morgan fingerprint density at radius 2 is 0.373 bits per heavy atom. The maximum absolute atomic E-state index is 4.44. The van der Waals surface area contributed by atoms with Gasteiger partial charge < -0.3 is 140 Å². The van der Waals surface area contributed by atoms with E-state index in [-0.39, 0.29) is 126 Å². The molecule has 0 fully saturated rings. The molecule has 42 heteroatoms. The van der Waals surface area contributed by atoms with Gasteiger partial charge in [-0.25, -0.2) is 29.9 Å². The third-order valence-electron chi connectivity index (χ3n) is 25.5. The number of aromatic nitrogens is 36. The van der Waals surface area contributed by atoms with Gasteiger partial charge in [-0.3, -0.25) is 0 Å². The molecule has 0 amide bonds. The first-order chi connectivity index (χ1) is 70.2. The predicted molar refractivity (Wildman–Crippen MR) is 548 cm³/mol. The largest absolute Gasteiger partial charge is 2.00 e. The molecule has 150 heavy (non-hydrogen) atoms. The molecule has 30 rings (SSSR count). The maximum Gasteiger partial charge on any atom is 2.00 e. The van der Waals surface area contributed by atoms with Crippen LogP contribution in [0.1, 0.15) is 0 Å². The van der Waals surface area contributed by atoms with Crippen LogP contribution >= 0.6 is 0 Å². The normalized spacial score (nSPS) is 11.3. The van der Waals surface area contributed by atoms with E-state index in [0.717, 1.165) is 201 Å². The molecule has 24 aromatic heterocycles. The summed E-state index contributed by atoms with van der Waals surface area (Å²) in [4.78, 5) is 52.5. The fraction of sp³-hybridized carbons (Fsp3) is 0.111. The van der Waals surface area contributed by atoms with Crippen LogP contribution in [0, 0.1) is 74.0 Å². The van der Waals surface area contributed by atoms with Crippen LogP contribution in [0.2, 0.25) is 0 Å². The molecule has 0 unspecified atom stereocenters. The molecule has 0 atom stereocenters. The molecule has 24 heterocycles. The van der Waals surface area contributed by atoms with Crippen molar-refractivity contribution < 1.29 is 126 Å². The van der Waals surface area contributed by atoms with Crippen LogP contribution in [-0.4, -0.2) is 169 Å². The van der Waals surface area contributed by atoms with Crippen molar-refractivity contribution in [2.75, 3.05) is 0 Å². The van der Waals surface area contributed by atoms with E-state index in [1.165, 1.54) is 0 Å². The Hall–Kier alpha value is -15.6. The van der Waals surface area contributed by atoms with Crippen molar-refractivity contribution in [3.05, 3.63) is 370 Å². The number of hydrogen-bond donors (Lipinski definition) is 0. The van der Waals surface area contributed by atoms with Crippen molar-refractivity contribution in [1.29, 1.82) is 0 Å². The standard InChI is InChI=1S/6C18H14N6.6Pt/c4*1-21-11-17(20-12-21)23-6-3-13-9-14-4-7-24(16(14)10-15(13)23)18-19-5-8-22(18)2;2*1-21-9-17(19-11-21)23-5-3-13-7-14-4-6-24(16(14)8-15(13)23)18-10-22(2)12-20-18;;;;;;/h3*3-4,6-9,11-12H,1-2H3;3-9,11H,1-2H3;2*3-7,9-11H,1-2H3;;;;;;/q6*-2;6*+2. The topological polar surface area (TPSA) is 273 Å². The molecule has 30 aromatic rings. The average molecular weight is 3060 g/mol. The van der Waals surface area contributed by atoms with Crippen LogP contribution in [0.25, 0.3) is 201 Å². The molecule has 756 valence electrons. The summed E-state index contributed by atoms with van der Waals surface area (Å²) in [6.45, 7) is 0. The molecule has 0 aliphatic rings. The molecule has 0 bridgehead atoms. The molecule has 36 nitrogen and oxygen atoms in total. The zero-order valence-electron chi connectivity index (χ0n) is 81.7. The van der Waals surface area contributed by atoms with E-state index >= 15 is 0 Å². The summed E-state index contributed by atoms with van der Waals surface area (Å²) in [5.74, 6) is 10.2. The number of fused-ring (bicyclic) bond motifs is 12. The maximum atomic E-state index is 4.44. The Kier molecular flexibility index (Phi) is 28.8. The number of rotatable bonds is 12. The molecule has 0 aliphatic carbocycles. The van der Waals surface area contributed by atoms with E-state index in [0.29, 0.717) is 0 Å². The van der Waals surface area contributed by atoms with Crippen molar-refractivity contribution in [3.63, 3.8) is 0 Å². The molecule has 0 spiro atoms. The zero-order chi connectivity index (χ0) is 97.6. The van der Waals surface area contributed by atoms with Crippen molar-refractivity contribution in [1.82, 2.24) is 169 Å². The van der Waals surface area contributed by atoms with Crippen LogP contribution in [0.15, 0.2) is 296 Å². The van der Waals surface area contributed by atoms with E-state index in [1.807, 2.05) is 316 Å². The van der Waals surface area contributed by atoms with Crippen LogP contribution in [-0.2, 0) is 211 Å². The summed E-state index contributed by atoms with van der Waals surface area (Å²) in [6.07, 6.45) is 75.6. The molecule has 6 aromatic carbocycles. The first-order valence-corrected chi connectivity index (χ1v) is 45.8. The van der Waals surface area contributed by atoms with E-state index in [4.69, 9.17) is 0 Å². The van der Waals surface area contributed by atoms with Gasteiger partial charge in [0.2, 0.25) is 5.95 Å². The van der Waals surface area contributed by atoms with Gasteiger partial charge in [-0.15, -0.1) is 138 Å². The Labute approximate surface area is 942 Å². The van der Waals surface area contributed by atoms with Gasteiger partial charge in [0.25, 0.3) is 0 Å². The minimum Gasteiger partial charge on any atom is -0.454 e. The van der Waals surface area contributed by atoms with Gasteiger partial charge in [-0.05, 0) is 134 Å². The zero-order valence-corrected chi connectivity index (χ0v) is 95.3. The first-order valence-electron chi connectivity index (χ1n) is 45.8. The third kappa shape index (κ3) is 18.8. The molecule has 0 saturated heterocycles. The second kappa shape index (κ2) is 41.9. The molecule has 0 radical (unpaired) electrons. The Morgan fingerprint density at radius 1 is 0.187 bits per heavy atom. The number of benzene rings is 6. The van der Waals surface area contributed by atoms with Gasteiger partial charge in [-0.2, -0.15) is 36.4 Å². The summed E-state index contributed by atoms with van der Waals surface area (Å²) >= 11 is 0. The summed E-state index contributed by atoms with van der Waals surface area (Å²) < 4.78 is 47.4. The first kappa shape index (κ1) is 103. The second-order valence-electron chi connectivity index (χ2n) is 35.6. The van der Waals surface area contributed by atoms with Crippen molar-refractivity contribution in [3.8, 4) is 70.3 Å². The quantitative estimate of drug-likeness (QED) is 0.103. The monoisotopic (exact) mass is 3050 g/mol. The Balaban J connectivity index is 0.000000112. The molecule has 0 aliphatic heterocycles. The van der Waals surface area contributed by atoms with Crippen molar-refractivity contribution >= 4 is 131 Å². The van der Waals surface area contributed by atoms with Gasteiger partial charge in [0.1, 0.15) is 0 Å². The van der Waals surface area contributed by atoms with Crippen LogP contribution in [0.3, 0.4) is 0 Å². The number of nitrogens with zero attached hydrogens (tertiary/aromatic N) is 36. The van der Waals surface area contributed by atoms with Crippen LogP contribution in [0.5, 0.6) is 0 Å². The fourth-order valence-corrected chi connectivity index (χ4v) is 18.5. The minimum atomic E-state index is 0. The molecule has 0 saturated carbocycles. The smallest absolute Gasteiger partial charge is 0.454 e. The Bertz CT molecular complexity index is 8940. The van der Waals surface area contributed by atoms with Gasteiger partial charge in [0.15, 0.2) is 29.1 Å². The second-order valence-corrected chi connectivity index (χ2v) is 35.6. The van der Waals surface area contributed by atoms with Crippen molar-refractivity contribution in [2.45, 2.75) is 0 Å². The number of hydrogen-bond acceptors (Lipinski definition) is 12. The van der Waals surface area contributed by atoms with Gasteiger partial charge in [0.05, 0.1) is 49.5 Å². The SMILES string of the molecule is Cn1[c-]nc(-n2ccc3cc4ccn(-c5cn(C)cn5)c4[c-]c32)c1.Cn1[c-]nc(-n2ccc3cc4ccn(-c5cn(C)cn5)c4[c-]c32)c1.Cn1[c-]nc(-n2ccc3cc4ccn(-c5nccn5C)c4[c-]c32)c1.Cn1cnc(-n2ccc3cc4ccn(-c5n[c-]cn5C)c4[c-]c32)c1.Cn1cnc(-n2ccc3cc4ccn(-c5n[c-]cn5C)c4[c-]c32)c1.Cn1cnc(-n2ccc3cc4ccn(-c5n[c-]cn5C)c4[c-]c32)c1.[Pt+2].[Pt+2].[Pt+2].[Pt+2].[Pt+2].[Pt+2]. The molecular weight excluding hydrogens is 2970 g/mol.